The average molecular weight is 345 g/mol. The summed E-state index contributed by atoms with van der Waals surface area (Å²) in [7, 11) is 0. The van der Waals surface area contributed by atoms with Crippen LogP contribution in [0.1, 0.15) is 18.9 Å². The van der Waals surface area contributed by atoms with E-state index in [2.05, 4.69) is 49.6 Å². The highest BCUT2D eigenvalue weighted by Gasteiger charge is 2.26. The highest BCUT2D eigenvalue weighted by Crippen LogP contribution is 2.18. The summed E-state index contributed by atoms with van der Waals surface area (Å²) >= 11 is 1.44. The molecule has 2 aromatic rings. The molecule has 1 fully saturated rings. The molecule has 1 atom stereocenters. The van der Waals surface area contributed by atoms with Crippen LogP contribution in [0.3, 0.4) is 0 Å². The van der Waals surface area contributed by atoms with Gasteiger partial charge in [0.25, 0.3) is 0 Å². The molecule has 24 heavy (non-hydrogen) atoms. The van der Waals surface area contributed by atoms with E-state index < -0.39 is 0 Å². The zero-order valence-electron chi connectivity index (χ0n) is 14.1. The lowest BCUT2D eigenvalue weighted by Crippen LogP contribution is -2.52. The van der Waals surface area contributed by atoms with Crippen molar-refractivity contribution in [1.29, 1.82) is 0 Å². The van der Waals surface area contributed by atoms with Crippen molar-refractivity contribution in [2.24, 2.45) is 0 Å². The molecule has 0 saturated carbocycles. The number of hydrogen-bond acceptors (Lipinski definition) is 6. The molecule has 7 heteroatoms. The molecule has 1 amide bonds. The first-order valence-corrected chi connectivity index (χ1v) is 9.16. The summed E-state index contributed by atoms with van der Waals surface area (Å²) in [6, 6.07) is 10.2. The largest absolute Gasteiger partial charge is 0.369 e. The van der Waals surface area contributed by atoms with Gasteiger partial charge in [-0.25, -0.2) is 0 Å². The zero-order valence-corrected chi connectivity index (χ0v) is 14.9. The van der Waals surface area contributed by atoms with Gasteiger partial charge >= 0.3 is 0 Å². The van der Waals surface area contributed by atoms with Crippen LogP contribution >= 0.6 is 11.3 Å². The number of amides is 1. The molecule has 1 aromatic carbocycles. The van der Waals surface area contributed by atoms with E-state index in [9.17, 15) is 4.79 Å². The smallest absolute Gasteiger partial charge is 0.243 e. The molecule has 0 bridgehead atoms. The quantitative estimate of drug-likeness (QED) is 0.901. The molecule has 2 heterocycles. The van der Waals surface area contributed by atoms with Gasteiger partial charge in [0, 0.05) is 31.9 Å². The van der Waals surface area contributed by atoms with Crippen LogP contribution in [0, 0.1) is 0 Å². The summed E-state index contributed by atoms with van der Waals surface area (Å²) in [6.45, 7) is 7.59. The van der Waals surface area contributed by atoms with Gasteiger partial charge in [0.15, 0.2) is 0 Å². The fourth-order valence-corrected chi connectivity index (χ4v) is 3.51. The Morgan fingerprint density at radius 3 is 2.54 bits per heavy atom. The maximum absolute atomic E-state index is 12.4. The Morgan fingerprint density at radius 2 is 1.92 bits per heavy atom. The number of rotatable bonds is 5. The van der Waals surface area contributed by atoms with Gasteiger partial charge in [-0.3, -0.25) is 15.0 Å². The summed E-state index contributed by atoms with van der Waals surface area (Å²) in [5.74, 6) is -0.0121. The molecule has 1 aliphatic rings. The fourth-order valence-electron chi connectivity index (χ4n) is 2.83. The number of anilines is 2. The summed E-state index contributed by atoms with van der Waals surface area (Å²) in [6.07, 6.45) is 0.838. The molecule has 1 saturated heterocycles. The first kappa shape index (κ1) is 16.9. The number of piperazine rings is 1. The number of carbonyl (C=O) groups is 1. The minimum absolute atomic E-state index is 0.0121. The number of benzene rings is 1. The summed E-state index contributed by atoms with van der Waals surface area (Å²) in [5.41, 5.74) is 1.25. The van der Waals surface area contributed by atoms with E-state index in [1.54, 1.807) is 0 Å². The van der Waals surface area contributed by atoms with E-state index in [1.165, 1.54) is 17.0 Å². The lowest BCUT2D eigenvalue weighted by molar-refractivity contribution is -0.120. The Morgan fingerprint density at radius 1 is 1.21 bits per heavy atom. The number of aryl methyl sites for hydroxylation is 1. The average Bonchev–Trinajstić information content (AvgIpc) is 3.09. The molecular weight excluding hydrogens is 322 g/mol. The van der Waals surface area contributed by atoms with E-state index >= 15 is 0 Å². The normalized spacial score (nSPS) is 16.8. The lowest BCUT2D eigenvalue weighted by Gasteiger charge is -2.38. The molecule has 0 spiro atoms. The van der Waals surface area contributed by atoms with Crippen LogP contribution in [-0.4, -0.2) is 53.2 Å². The van der Waals surface area contributed by atoms with Crippen molar-refractivity contribution < 1.29 is 4.79 Å². The van der Waals surface area contributed by atoms with Gasteiger partial charge in [0.1, 0.15) is 5.01 Å². The van der Waals surface area contributed by atoms with Crippen molar-refractivity contribution in [3.8, 4) is 0 Å². The lowest BCUT2D eigenvalue weighted by atomic mass is 10.2. The van der Waals surface area contributed by atoms with Gasteiger partial charge < -0.3 is 4.90 Å². The van der Waals surface area contributed by atoms with Crippen LogP contribution in [0.5, 0.6) is 0 Å². The third-order valence-corrected chi connectivity index (χ3v) is 5.35. The predicted octanol–water partition coefficient (Wildman–Crippen LogP) is 2.25. The SMILES string of the molecule is CCc1nnc(NC(=O)C(C)N2CCN(c3ccccc3)CC2)s1. The van der Waals surface area contributed by atoms with Crippen molar-refractivity contribution in [1.82, 2.24) is 15.1 Å². The molecule has 1 unspecified atom stereocenters. The van der Waals surface area contributed by atoms with Crippen LogP contribution in [0.25, 0.3) is 0 Å². The zero-order chi connectivity index (χ0) is 16.9. The number of aromatic nitrogens is 2. The Hall–Kier alpha value is -1.99. The molecule has 3 rings (SSSR count). The van der Waals surface area contributed by atoms with E-state index in [1.807, 2.05) is 19.9 Å². The first-order valence-electron chi connectivity index (χ1n) is 8.34. The molecule has 0 aliphatic carbocycles. The highest BCUT2D eigenvalue weighted by atomic mass is 32.1. The molecular formula is C17H23N5OS. The number of para-hydroxylation sites is 1. The Balaban J connectivity index is 1.52. The van der Waals surface area contributed by atoms with Crippen LogP contribution in [-0.2, 0) is 11.2 Å². The number of nitrogens with one attached hydrogen (secondary N) is 1. The number of hydrogen-bond donors (Lipinski definition) is 1. The van der Waals surface area contributed by atoms with Crippen molar-refractivity contribution in [2.45, 2.75) is 26.3 Å². The molecule has 0 radical (unpaired) electrons. The molecule has 128 valence electrons. The third kappa shape index (κ3) is 3.91. The van der Waals surface area contributed by atoms with Crippen molar-refractivity contribution >= 4 is 28.1 Å². The number of carbonyl (C=O) groups excluding carboxylic acids is 1. The van der Waals surface area contributed by atoms with Gasteiger partial charge in [-0.15, -0.1) is 10.2 Å². The second-order valence-corrected chi connectivity index (χ2v) is 6.94. The third-order valence-electron chi connectivity index (χ3n) is 4.36. The maximum atomic E-state index is 12.4. The second-order valence-electron chi connectivity index (χ2n) is 5.88. The van der Waals surface area contributed by atoms with Crippen molar-refractivity contribution in [2.75, 3.05) is 36.4 Å². The monoisotopic (exact) mass is 345 g/mol. The van der Waals surface area contributed by atoms with Gasteiger partial charge in [0.2, 0.25) is 11.0 Å². The Bertz CT molecular complexity index is 667. The minimum Gasteiger partial charge on any atom is -0.369 e. The van der Waals surface area contributed by atoms with E-state index in [0.717, 1.165) is 37.6 Å². The van der Waals surface area contributed by atoms with Gasteiger partial charge in [0.05, 0.1) is 6.04 Å². The van der Waals surface area contributed by atoms with Crippen LogP contribution < -0.4 is 10.2 Å². The first-order chi connectivity index (χ1) is 11.7. The van der Waals surface area contributed by atoms with Gasteiger partial charge in [-0.2, -0.15) is 0 Å². The van der Waals surface area contributed by atoms with Crippen molar-refractivity contribution in [3.05, 3.63) is 35.3 Å². The Kier molecular flexibility index (Phi) is 5.42. The molecule has 1 N–H and O–H groups in total. The minimum atomic E-state index is -0.170. The maximum Gasteiger partial charge on any atom is 0.243 e. The second kappa shape index (κ2) is 7.72. The summed E-state index contributed by atoms with van der Waals surface area (Å²) in [5, 5.41) is 12.5. The fraction of sp³-hybridized carbons (Fsp3) is 0.471. The van der Waals surface area contributed by atoms with Crippen LogP contribution in [0.15, 0.2) is 30.3 Å². The molecule has 1 aliphatic heterocycles. The highest BCUT2D eigenvalue weighted by molar-refractivity contribution is 7.15. The summed E-state index contributed by atoms with van der Waals surface area (Å²) in [4.78, 5) is 17.0. The van der Waals surface area contributed by atoms with Gasteiger partial charge in [-0.05, 0) is 25.5 Å². The standard InChI is InChI=1S/C17H23N5OS/c1-3-15-19-20-17(24-15)18-16(23)13(2)21-9-11-22(12-10-21)14-7-5-4-6-8-14/h4-8,13H,3,9-12H2,1-2H3,(H,18,20,23). The van der Waals surface area contributed by atoms with E-state index in [-0.39, 0.29) is 11.9 Å². The number of nitrogens with zero attached hydrogens (tertiary/aromatic N) is 4. The molecule has 1 aromatic heterocycles. The predicted molar refractivity (Wildman–Crippen MR) is 97.6 cm³/mol. The van der Waals surface area contributed by atoms with E-state index in [0.29, 0.717) is 5.13 Å². The van der Waals surface area contributed by atoms with E-state index in [4.69, 9.17) is 0 Å². The van der Waals surface area contributed by atoms with Crippen LogP contribution in [0.4, 0.5) is 10.8 Å². The Labute approximate surface area is 146 Å². The molecule has 6 nitrogen and oxygen atoms in total. The van der Waals surface area contributed by atoms with Crippen molar-refractivity contribution in [3.63, 3.8) is 0 Å². The summed E-state index contributed by atoms with van der Waals surface area (Å²) < 4.78 is 0. The topological polar surface area (TPSA) is 61.4 Å². The van der Waals surface area contributed by atoms with Gasteiger partial charge in [-0.1, -0.05) is 36.5 Å². The van der Waals surface area contributed by atoms with Crippen LogP contribution in [0.2, 0.25) is 0 Å².